The van der Waals surface area contributed by atoms with Gasteiger partial charge in [-0.2, -0.15) is 0 Å². The second kappa shape index (κ2) is 36.1. The molecule has 3 aliphatic rings. The number of carboxylic acid groups (broad SMARTS) is 1. The number of likely N-dealkylation sites (tertiary alicyclic amines) is 2. The summed E-state index contributed by atoms with van der Waals surface area (Å²) in [4.78, 5) is 71.1. The van der Waals surface area contributed by atoms with Gasteiger partial charge in [0.25, 0.3) is 5.91 Å². The number of benzene rings is 4. The molecule has 0 aromatic heterocycles. The van der Waals surface area contributed by atoms with E-state index in [1.165, 1.54) is 62.0 Å². The highest BCUT2D eigenvalue weighted by Crippen LogP contribution is 2.42. The summed E-state index contributed by atoms with van der Waals surface area (Å²) in [5.41, 5.74) is 8.58. The number of allylic oxidation sites excluding steroid dienone is 2. The molecule has 16 heteroatoms. The highest BCUT2D eigenvalue weighted by molar-refractivity contribution is 6.25. The molecule has 4 amide bonds. The molecule has 3 aliphatic heterocycles. The van der Waals surface area contributed by atoms with Gasteiger partial charge in [-0.3, -0.25) is 19.8 Å². The van der Waals surface area contributed by atoms with Gasteiger partial charge in [-0.15, -0.1) is 0 Å². The molecule has 5 N–H and O–H groups in total. The smallest absolute Gasteiger partial charge is 0.335 e. The second-order valence-electron chi connectivity index (χ2n) is 18.3. The fourth-order valence-corrected chi connectivity index (χ4v) is 8.48. The first-order chi connectivity index (χ1) is 36.5. The monoisotopic (exact) mass is 1050 g/mol. The summed E-state index contributed by atoms with van der Waals surface area (Å²) in [5, 5.41) is 25.5. The maximum absolute atomic E-state index is 13.4. The van der Waals surface area contributed by atoms with Crippen LogP contribution in [0.5, 0.6) is 0 Å². The minimum Gasteiger partial charge on any atom is -0.483 e. The number of rotatable bonds is 15. The highest BCUT2D eigenvalue weighted by Gasteiger charge is 2.34. The van der Waals surface area contributed by atoms with E-state index in [1.54, 1.807) is 6.07 Å². The molecule has 4 aromatic rings. The van der Waals surface area contributed by atoms with Gasteiger partial charge in [0, 0.05) is 61.5 Å². The molecule has 0 spiro atoms. The molecule has 1 atom stereocenters. The minimum absolute atomic E-state index is 0.0664. The molecule has 0 bridgehead atoms. The van der Waals surface area contributed by atoms with Crippen molar-refractivity contribution >= 4 is 64.7 Å². The van der Waals surface area contributed by atoms with E-state index in [0.717, 1.165) is 68.4 Å². The molecule has 3 heterocycles. The molecular formula is C60H87FN6O9. The predicted molar refractivity (Wildman–Crippen MR) is 306 cm³/mol. The zero-order valence-electron chi connectivity index (χ0n) is 47.4. The Bertz CT molecular complexity index is 2480. The third-order valence-corrected chi connectivity index (χ3v) is 12.7. The van der Waals surface area contributed by atoms with Crippen molar-refractivity contribution in [1.82, 2.24) is 15.2 Å². The van der Waals surface area contributed by atoms with Gasteiger partial charge >= 0.3 is 12.0 Å². The number of hydrogen-bond acceptors (Lipinski definition) is 10. The number of amides is 4. The zero-order chi connectivity index (χ0) is 57.4. The molecule has 2 fully saturated rings. The first-order valence-electron chi connectivity index (χ1n) is 26.5. The largest absolute Gasteiger partial charge is 0.483 e. The molecule has 418 valence electrons. The summed E-state index contributed by atoms with van der Waals surface area (Å²) in [6, 6.07) is 28.7. The van der Waals surface area contributed by atoms with Crippen molar-refractivity contribution in [1.29, 1.82) is 0 Å². The molecule has 15 nitrogen and oxygen atoms in total. The van der Waals surface area contributed by atoms with Crippen LogP contribution < -0.4 is 21.1 Å². The number of aliphatic hydroxyl groups excluding tert-OH is 1. The first-order valence-corrected chi connectivity index (χ1v) is 26.5. The summed E-state index contributed by atoms with van der Waals surface area (Å²) < 4.78 is 18.2. The lowest BCUT2D eigenvalue weighted by Crippen LogP contribution is -2.50. The number of carbonyl (C=O) groups excluding carboxylic acids is 5. The maximum atomic E-state index is 13.4. The lowest BCUT2D eigenvalue weighted by molar-refractivity contribution is -0.133. The number of aliphatic hydroxyl groups is 1. The van der Waals surface area contributed by atoms with Crippen molar-refractivity contribution in [2.45, 2.75) is 145 Å². The van der Waals surface area contributed by atoms with Gasteiger partial charge in [0.05, 0.1) is 16.8 Å². The summed E-state index contributed by atoms with van der Waals surface area (Å²) in [6.07, 6.45) is 9.88. The number of aldehydes is 2. The molecule has 2 saturated heterocycles. The molecule has 1 unspecified atom stereocenters. The number of urea groups is 1. The first kappa shape index (κ1) is 67.1. The Morgan fingerprint density at radius 3 is 2.00 bits per heavy atom. The topological polar surface area (TPSA) is 198 Å². The van der Waals surface area contributed by atoms with Gasteiger partial charge in [-0.05, 0) is 145 Å². The lowest BCUT2D eigenvalue weighted by atomic mass is 9.85. The number of nitrogens with one attached hydrogen (secondary N) is 3. The number of aliphatic carboxylic acids is 1. The van der Waals surface area contributed by atoms with E-state index in [2.05, 4.69) is 98.2 Å². The second-order valence-corrected chi connectivity index (χ2v) is 18.3. The van der Waals surface area contributed by atoms with Crippen molar-refractivity contribution in [3.8, 4) is 0 Å². The van der Waals surface area contributed by atoms with Crippen LogP contribution in [0.4, 0.5) is 26.2 Å². The third kappa shape index (κ3) is 20.3. The predicted octanol–water partition coefficient (Wildman–Crippen LogP) is 12.3. The number of nitrogens with zero attached hydrogens (tertiary/aromatic N) is 3. The summed E-state index contributed by atoms with van der Waals surface area (Å²) in [6.45, 7) is 23.1. The number of carboxylic acids is 1. The number of unbranched alkanes of at least 4 members (excludes halogenated alkanes) is 2. The number of aryl methyl sites for hydroxylation is 1. The fraction of sp³-hybridized carbons (Fsp3) is 0.467. The Morgan fingerprint density at radius 1 is 0.829 bits per heavy atom. The number of hydrogen-bond donors (Lipinski definition) is 5. The van der Waals surface area contributed by atoms with Crippen LogP contribution in [0.1, 0.15) is 149 Å². The highest BCUT2D eigenvalue weighted by atomic mass is 19.1. The van der Waals surface area contributed by atoms with E-state index in [-0.39, 0.29) is 29.7 Å². The van der Waals surface area contributed by atoms with Crippen LogP contribution in [0.3, 0.4) is 0 Å². The van der Waals surface area contributed by atoms with Crippen LogP contribution >= 0.6 is 0 Å². The lowest BCUT2D eigenvalue weighted by Gasteiger charge is -2.44. The molecule has 0 saturated carbocycles. The summed E-state index contributed by atoms with van der Waals surface area (Å²) in [5.74, 6) is -2.36. The Labute approximate surface area is 451 Å². The molecule has 76 heavy (non-hydrogen) atoms. The average Bonchev–Trinajstić information content (AvgIpc) is 3.72. The van der Waals surface area contributed by atoms with Gasteiger partial charge in [-0.25, -0.2) is 19.0 Å². The third-order valence-electron chi connectivity index (χ3n) is 12.7. The number of anilines is 3. The number of carbonyl (C=O) groups is 6. The van der Waals surface area contributed by atoms with Crippen LogP contribution in [0.25, 0.3) is 10.8 Å². The summed E-state index contributed by atoms with van der Waals surface area (Å²) >= 11 is 0. The molecule has 7 rings (SSSR count). The van der Waals surface area contributed by atoms with Gasteiger partial charge in [0.15, 0.2) is 17.9 Å². The van der Waals surface area contributed by atoms with E-state index in [9.17, 15) is 33.2 Å². The average molecular weight is 1060 g/mol. The van der Waals surface area contributed by atoms with E-state index < -0.39 is 17.6 Å². The summed E-state index contributed by atoms with van der Waals surface area (Å²) in [7, 11) is 3.22. The van der Waals surface area contributed by atoms with Gasteiger partial charge in [0.1, 0.15) is 12.9 Å². The van der Waals surface area contributed by atoms with Gasteiger partial charge in [0.2, 0.25) is 6.41 Å². The van der Waals surface area contributed by atoms with Crippen molar-refractivity contribution in [3.05, 3.63) is 124 Å². The maximum Gasteiger partial charge on any atom is 0.335 e. The number of halogens is 1. The molecule has 0 radical (unpaired) electrons. The van der Waals surface area contributed by atoms with Crippen molar-refractivity contribution in [2.24, 2.45) is 0 Å². The molecule has 0 aliphatic carbocycles. The number of hydrazine groups is 1. The van der Waals surface area contributed by atoms with E-state index in [0.29, 0.717) is 54.5 Å². The van der Waals surface area contributed by atoms with Crippen LogP contribution in [-0.4, -0.2) is 109 Å². The molecular weight excluding hydrogens is 968 g/mol. The van der Waals surface area contributed by atoms with Gasteiger partial charge < -0.3 is 40.2 Å². The Balaban J connectivity index is 0.000000564. The normalized spacial score (nSPS) is 15.3. The van der Waals surface area contributed by atoms with Gasteiger partial charge in [-0.1, -0.05) is 96.5 Å². The zero-order valence-corrected chi connectivity index (χ0v) is 47.4. The van der Waals surface area contributed by atoms with E-state index in [4.69, 9.17) is 14.9 Å². The Hall–Kier alpha value is -6.91. The van der Waals surface area contributed by atoms with Crippen molar-refractivity contribution in [3.63, 3.8) is 0 Å². The fourth-order valence-electron chi connectivity index (χ4n) is 8.48. The standard InChI is InChI=1S/C26H26N4O3.C14H22N2.C10H13FO4.C5H10O.2C2H6.CH4O/c1-2-17-5-3-6-19(15-17)28-26(33)29-13-11-18(12-14-29)20-9-10-23-24-21(20)7-4-8-22(24)25(32)30(23)27-16-31;1-14(2)11-13(9-10-16(14)3)15-12-7-5-4-6-8-12;1-6(2)8(11)9(15-5-4-12)7(3)10(13)14;1-2-3-4-5-6;3*1-2/h3-10,15-16,18H,2,11-14H2,1H3,(H,27,31)(H,28,33);4-8,13,15H,9-11H2,1-3H3;4H,5H2,1-3H3,(H,13,14);5H,2-4H2,1H3;2*1-2H3;2H,1H3/b;;9-7-;;;;. The number of piperidine rings is 2. The Morgan fingerprint density at radius 2 is 1.46 bits per heavy atom. The molecule has 4 aromatic carbocycles. The van der Waals surface area contributed by atoms with Crippen molar-refractivity contribution < 1.29 is 48.1 Å². The van der Waals surface area contributed by atoms with E-state index in [1.807, 2.05) is 69.0 Å². The van der Waals surface area contributed by atoms with Crippen LogP contribution in [0.2, 0.25) is 0 Å². The van der Waals surface area contributed by atoms with Crippen LogP contribution in [-0.2, 0) is 30.3 Å². The van der Waals surface area contributed by atoms with Crippen LogP contribution in [0.15, 0.2) is 108 Å². The van der Waals surface area contributed by atoms with E-state index >= 15 is 0 Å². The Kier molecular flexibility index (Phi) is 31.9. The number of para-hydroxylation sites is 1. The minimum atomic E-state index is -1.28. The van der Waals surface area contributed by atoms with Crippen molar-refractivity contribution in [2.75, 3.05) is 56.0 Å². The quantitative estimate of drug-likeness (QED) is 0.0250. The number of ether oxygens (including phenoxy) is 1. The van der Waals surface area contributed by atoms with Crippen LogP contribution in [0, 0.1) is 0 Å². The SMILES string of the molecule is CC.CC.CC(C)=C(F)/C(OCC=O)=C(\C)C(=O)O.CCCCC=O.CCc1cccc(NC(=O)N2CCC(c3ccc4c5c(cccc35)C(=O)N4NC=O)CC2)c1.CN1CCC(Nc2ccccc2)CC1(C)C.CO.